The van der Waals surface area contributed by atoms with Crippen molar-refractivity contribution in [1.29, 1.82) is 0 Å². The van der Waals surface area contributed by atoms with Gasteiger partial charge in [-0.3, -0.25) is 9.80 Å². The summed E-state index contributed by atoms with van der Waals surface area (Å²) in [5.74, 6) is -0.596. The Morgan fingerprint density at radius 2 is 1.18 bits per heavy atom. The fraction of sp³-hybridized carbons (Fsp3) is 0.542. The van der Waals surface area contributed by atoms with Gasteiger partial charge in [0.1, 0.15) is 22.8 Å². The van der Waals surface area contributed by atoms with Gasteiger partial charge >= 0.3 is 12.2 Å². The van der Waals surface area contributed by atoms with Crippen molar-refractivity contribution in [1.82, 2.24) is 19.9 Å². The molecular formula is C48H64Cl4F2N6O6. The Kier molecular flexibility index (Phi) is 20.8. The Hall–Kier alpha value is -3.92. The Morgan fingerprint density at radius 3 is 1.62 bits per heavy atom. The molecule has 0 saturated carbocycles. The molecule has 4 aromatic heterocycles. The maximum Gasteiger partial charge on any atom is 0.416 e. The summed E-state index contributed by atoms with van der Waals surface area (Å²) >= 11 is 24.8. The van der Waals surface area contributed by atoms with E-state index in [1.54, 1.807) is 65.8 Å². The lowest BCUT2D eigenvalue weighted by atomic mass is 9.88. The van der Waals surface area contributed by atoms with Crippen LogP contribution in [0.15, 0.2) is 48.8 Å². The number of anilines is 2. The highest BCUT2D eigenvalue weighted by Gasteiger charge is 2.34. The Morgan fingerprint density at radius 1 is 0.712 bits per heavy atom. The van der Waals surface area contributed by atoms with Crippen LogP contribution in [0.2, 0.25) is 20.1 Å². The average Bonchev–Trinajstić information content (AvgIpc) is 3.21. The number of ether oxygens (including phenoxy) is 4. The van der Waals surface area contributed by atoms with E-state index in [1.165, 1.54) is 54.6 Å². The van der Waals surface area contributed by atoms with Crippen molar-refractivity contribution in [3.05, 3.63) is 80.8 Å². The number of hydrogen-bond donors (Lipinski definition) is 0. The number of hydrogen-bond acceptors (Lipinski definition) is 10. The normalized spacial score (nSPS) is 16.4. The molecule has 0 radical (unpaired) electrons. The molecule has 0 bridgehead atoms. The summed E-state index contributed by atoms with van der Waals surface area (Å²) in [6, 6.07) is 8.66. The maximum absolute atomic E-state index is 13.8. The molecule has 0 aromatic carbocycles. The molecule has 0 N–H and O–H groups in total. The minimum absolute atomic E-state index is 0.179. The molecule has 2 aliphatic heterocycles. The SMILES string of the molecule is CC.CC(C)(C)OC(=O)N(CC1CCOC(C)(C)C1)c1ccc(Cl)c(-c2cc(F)ncc2Cl)n1.CC1(C)CCCCO1.CN(C(=O)OC(C)(C)C)c1ccc(Cl)c(-c2cc(F)ncc2Cl)n1. The average molecular weight is 1000 g/mol. The molecule has 6 rings (SSSR count). The fourth-order valence-corrected chi connectivity index (χ4v) is 7.42. The zero-order valence-corrected chi connectivity index (χ0v) is 43.3. The van der Waals surface area contributed by atoms with Crippen LogP contribution in [0.4, 0.5) is 30.0 Å². The summed E-state index contributed by atoms with van der Waals surface area (Å²) in [7, 11) is 1.52. The van der Waals surface area contributed by atoms with E-state index < -0.39 is 35.3 Å². The highest BCUT2D eigenvalue weighted by Crippen LogP contribution is 2.36. The summed E-state index contributed by atoms with van der Waals surface area (Å²) in [5, 5.41) is 0.942. The molecule has 0 aliphatic carbocycles. The van der Waals surface area contributed by atoms with Crippen LogP contribution in [0.3, 0.4) is 0 Å². The Balaban J connectivity index is 0.000000297. The number of carbonyl (C=O) groups excluding carboxylic acids is 2. The van der Waals surface area contributed by atoms with Gasteiger partial charge in [0, 0.05) is 62.5 Å². The molecule has 18 heteroatoms. The van der Waals surface area contributed by atoms with E-state index in [0.29, 0.717) is 24.5 Å². The van der Waals surface area contributed by atoms with Crippen LogP contribution >= 0.6 is 46.4 Å². The van der Waals surface area contributed by atoms with Crippen molar-refractivity contribution in [3.63, 3.8) is 0 Å². The van der Waals surface area contributed by atoms with Crippen molar-refractivity contribution >= 4 is 70.2 Å². The second-order valence-corrected chi connectivity index (χ2v) is 20.3. The molecule has 4 aromatic rings. The fourth-order valence-electron chi connectivity index (χ4n) is 6.62. The van der Waals surface area contributed by atoms with E-state index >= 15 is 0 Å². The third kappa shape index (κ3) is 18.0. The molecular weight excluding hydrogens is 936 g/mol. The second kappa shape index (κ2) is 24.4. The minimum Gasteiger partial charge on any atom is -0.443 e. The number of halogens is 6. The van der Waals surface area contributed by atoms with Crippen molar-refractivity contribution in [2.24, 2.45) is 5.92 Å². The lowest BCUT2D eigenvalue weighted by Gasteiger charge is -2.38. The van der Waals surface area contributed by atoms with Gasteiger partial charge in [-0.05, 0) is 132 Å². The van der Waals surface area contributed by atoms with Gasteiger partial charge < -0.3 is 18.9 Å². The molecule has 1 unspecified atom stereocenters. The lowest BCUT2D eigenvalue weighted by molar-refractivity contribution is -0.0710. The van der Waals surface area contributed by atoms with Gasteiger partial charge in [0.05, 0.1) is 42.7 Å². The molecule has 1 atom stereocenters. The summed E-state index contributed by atoms with van der Waals surface area (Å²) in [6.45, 7) is 25.1. The van der Waals surface area contributed by atoms with Crippen LogP contribution in [0.25, 0.3) is 22.5 Å². The monoisotopic (exact) mass is 998 g/mol. The maximum atomic E-state index is 13.8. The summed E-state index contributed by atoms with van der Waals surface area (Å²) in [4.78, 5) is 43.9. The quantitative estimate of drug-likeness (QED) is 0.172. The van der Waals surface area contributed by atoms with E-state index in [4.69, 9.17) is 65.4 Å². The van der Waals surface area contributed by atoms with E-state index in [1.807, 2.05) is 27.7 Å². The van der Waals surface area contributed by atoms with E-state index in [-0.39, 0.29) is 60.0 Å². The third-order valence-electron chi connectivity index (χ3n) is 9.62. The van der Waals surface area contributed by atoms with Crippen molar-refractivity contribution < 1.29 is 37.3 Å². The number of aromatic nitrogens is 4. The highest BCUT2D eigenvalue weighted by molar-refractivity contribution is 6.36. The van der Waals surface area contributed by atoms with Crippen molar-refractivity contribution in [3.8, 4) is 22.5 Å². The Labute approximate surface area is 409 Å². The number of rotatable bonds is 6. The van der Waals surface area contributed by atoms with E-state index in [9.17, 15) is 18.4 Å². The zero-order chi connectivity index (χ0) is 49.8. The first kappa shape index (κ1) is 56.4. The van der Waals surface area contributed by atoms with Crippen LogP contribution in [-0.2, 0) is 18.9 Å². The molecule has 2 fully saturated rings. The predicted molar refractivity (Wildman–Crippen MR) is 261 cm³/mol. The first-order valence-corrected chi connectivity index (χ1v) is 23.4. The van der Waals surface area contributed by atoms with Crippen molar-refractivity contribution in [2.75, 3.05) is 36.6 Å². The molecule has 12 nitrogen and oxygen atoms in total. The van der Waals surface area contributed by atoms with Crippen LogP contribution in [0.1, 0.15) is 115 Å². The van der Waals surface area contributed by atoms with Gasteiger partial charge in [0.25, 0.3) is 0 Å². The smallest absolute Gasteiger partial charge is 0.416 e. The molecule has 2 amide bonds. The van der Waals surface area contributed by atoms with Crippen molar-refractivity contribution in [2.45, 2.75) is 138 Å². The van der Waals surface area contributed by atoms with Gasteiger partial charge in [0.15, 0.2) is 0 Å². The van der Waals surface area contributed by atoms with Gasteiger partial charge in [-0.1, -0.05) is 60.3 Å². The standard InChI is InChI=1S/C23H28Cl2FN3O3.C16H16Cl2FN3O2.C7H14O.C2H6/c1-22(2,3)32-21(30)29(13-14-8-9-31-23(4,5)11-14)19-7-6-16(24)20(28-19)15-10-18(26)27-12-17(15)25;1-16(2,3)24-15(23)22(4)13-6-5-10(17)14(21-13)9-7-12(19)20-8-11(9)18;1-7(2)5-3-4-6-8-7;1-2/h6-7,10,12,14H,8-9,11,13H2,1-5H3;5-8H,1-4H3;3-6H2,1-2H3;1-2H3. The highest BCUT2D eigenvalue weighted by atomic mass is 35.5. The minimum atomic E-state index is -0.710. The predicted octanol–water partition coefficient (Wildman–Crippen LogP) is 14.5. The summed E-state index contributed by atoms with van der Waals surface area (Å²) in [5.41, 5.74) is -0.334. The van der Waals surface area contributed by atoms with Gasteiger partial charge in [-0.25, -0.2) is 29.5 Å². The van der Waals surface area contributed by atoms with E-state index in [2.05, 4.69) is 33.8 Å². The van der Waals surface area contributed by atoms with Gasteiger partial charge in [-0.15, -0.1) is 0 Å². The summed E-state index contributed by atoms with van der Waals surface area (Å²) in [6.07, 6.45) is 6.70. The number of carbonyl (C=O) groups is 2. The van der Waals surface area contributed by atoms with Crippen LogP contribution in [-0.4, -0.2) is 81.3 Å². The molecule has 2 saturated heterocycles. The number of amides is 2. The second-order valence-electron chi connectivity index (χ2n) is 18.6. The van der Waals surface area contributed by atoms with Crippen LogP contribution in [0, 0.1) is 17.8 Å². The Bertz CT molecular complexity index is 2250. The molecule has 6 heterocycles. The lowest BCUT2D eigenvalue weighted by Crippen LogP contribution is -2.44. The first-order chi connectivity index (χ1) is 30.6. The van der Waals surface area contributed by atoms with Gasteiger partial charge in [0.2, 0.25) is 11.9 Å². The third-order valence-corrected chi connectivity index (χ3v) is 10.8. The van der Waals surface area contributed by atoms with Crippen LogP contribution < -0.4 is 9.80 Å². The zero-order valence-electron chi connectivity index (χ0n) is 40.3. The summed E-state index contributed by atoms with van der Waals surface area (Å²) < 4.78 is 49.4. The van der Waals surface area contributed by atoms with Crippen LogP contribution in [0.5, 0.6) is 0 Å². The first-order valence-electron chi connectivity index (χ1n) is 21.8. The largest absolute Gasteiger partial charge is 0.443 e. The topological polar surface area (TPSA) is 129 Å². The van der Waals surface area contributed by atoms with Gasteiger partial charge in [-0.2, -0.15) is 8.78 Å². The molecule has 364 valence electrons. The molecule has 0 spiro atoms. The molecule has 66 heavy (non-hydrogen) atoms. The number of pyridine rings is 4. The molecule has 2 aliphatic rings. The van der Waals surface area contributed by atoms with E-state index in [0.717, 1.165) is 25.5 Å². The number of nitrogens with zero attached hydrogens (tertiary/aromatic N) is 6.